The summed E-state index contributed by atoms with van der Waals surface area (Å²) in [5.41, 5.74) is 19.6. The number of carbonyl (C=O) groups excluding carboxylic acids is 2. The summed E-state index contributed by atoms with van der Waals surface area (Å²) in [6.07, 6.45) is -9.54. The third-order valence-electron chi connectivity index (χ3n) is 16.4. The first kappa shape index (κ1) is 80.9. The number of aromatic nitrogens is 12. The van der Waals surface area contributed by atoms with Crippen LogP contribution in [0.25, 0.3) is 33.5 Å². The van der Waals surface area contributed by atoms with E-state index in [0.717, 1.165) is 22.9 Å². The molecule has 6 aromatic heterocycles. The maximum atomic E-state index is 13.7. The van der Waals surface area contributed by atoms with E-state index in [9.17, 15) is 58.8 Å². The number of esters is 1. The van der Waals surface area contributed by atoms with Gasteiger partial charge in [0.2, 0.25) is 35.5 Å². The van der Waals surface area contributed by atoms with Crippen molar-refractivity contribution in [3.8, 4) is 17.6 Å². The topological polar surface area (TPSA) is 583 Å². The number of methoxy groups -OCH3 is 3. The molecular formula is C60H83N18O24P3S. The van der Waals surface area contributed by atoms with Gasteiger partial charge in [0, 0.05) is 31.3 Å². The summed E-state index contributed by atoms with van der Waals surface area (Å²) in [5.74, 6) is 0.0454. The van der Waals surface area contributed by atoms with E-state index >= 15 is 0 Å². The van der Waals surface area contributed by atoms with Gasteiger partial charge in [-0.15, -0.1) is 0 Å². The zero-order valence-electron chi connectivity index (χ0n) is 58.0. The monoisotopic (exact) mass is 1560 g/mol. The molecule has 2 aromatic carbocycles. The summed E-state index contributed by atoms with van der Waals surface area (Å²) >= 11 is 0.947. The number of carbonyl (C=O) groups is 2. The van der Waals surface area contributed by atoms with Gasteiger partial charge in [-0.2, -0.15) is 29.9 Å². The van der Waals surface area contributed by atoms with Crippen LogP contribution in [0.3, 0.4) is 0 Å². The molecule has 4 aliphatic heterocycles. The Morgan fingerprint density at radius 3 is 1.58 bits per heavy atom. The summed E-state index contributed by atoms with van der Waals surface area (Å²) in [6, 6.07) is 17.7. The number of imidazole rings is 3. The van der Waals surface area contributed by atoms with Gasteiger partial charge in [-0.25, -0.2) is 43.9 Å². The molecule has 0 radical (unpaired) electrons. The molecular weight excluding hydrogens is 1480 g/mol. The van der Waals surface area contributed by atoms with Gasteiger partial charge in [0.25, 0.3) is 0 Å². The average molecular weight is 1570 g/mol. The van der Waals surface area contributed by atoms with E-state index in [1.54, 1.807) is 52.0 Å². The van der Waals surface area contributed by atoms with Crippen molar-refractivity contribution in [2.24, 2.45) is 5.41 Å². The molecule has 578 valence electrons. The minimum Gasteiger partial charge on any atom is -0.479 e. The predicted molar refractivity (Wildman–Crippen MR) is 373 cm³/mol. The van der Waals surface area contributed by atoms with Gasteiger partial charge >= 0.3 is 29.2 Å². The number of nitrogens with one attached hydrogen (secondary N) is 3. The zero-order valence-corrected chi connectivity index (χ0v) is 61.5. The molecule has 4 fully saturated rings. The molecule has 3 unspecified atom stereocenters. The lowest BCUT2D eigenvalue weighted by Crippen LogP contribution is -2.43. The molecule has 16 N–H and O–H groups in total. The molecule has 4 saturated heterocycles. The van der Waals surface area contributed by atoms with E-state index in [2.05, 4.69) is 60.1 Å². The molecule has 106 heavy (non-hydrogen) atoms. The molecule has 0 amide bonds. The standard InChI is InChI=1S/C25H35N6O9PS.C18H23N6O7P.C17H25N6O8P/c1-25(2,13-32)23(35)42-10-9-38-41(36,28-11-15-7-5-4-6-8-15)39-12-16-18(33)19(34)22(40-16)31-14-27-17-20(31)29-24(26)30-21(17)37-3;1-29-16-12-15(22-18(19)23-16)24(9-20-12)17-14(26)13(25)11(31-17)8-30-32(27,28)21-7-10-5-3-2-4-6-10;1-4-10(24)28-5-8(2)22-32(26)29-6-9-13(31-32)12(25)16(30-9)23-7-19-11-14(23)20-17(18)21-15(11)27-3/h4-8,14,16,18-19,22,32-34H,9-13H2,1-3H3,(H,28,36)(H2,26,29,30);2-6,9,11,13-14,17,25-26H,7-8H2,1H3,(H2,19,22,23)(H2,21,27,28);7-9,12-13,16,25H,4-6H2,1-3H3,(H,22,26)(H2,18,20,21)/t16-,18-,19+,22-,41?;11-,13-,14+,17-;8-,9+,12-,13+,16+,32?/m110/s1. The number of hydrogen-bond donors (Lipinski definition) is 13. The van der Waals surface area contributed by atoms with Crippen LogP contribution in [-0.2, 0) is 77.9 Å². The number of nitrogen functional groups attached to an aromatic ring is 3. The third-order valence-corrected chi connectivity index (χ3v) is 22.0. The molecule has 46 heteroatoms. The highest BCUT2D eigenvalue weighted by molar-refractivity contribution is 8.13. The van der Waals surface area contributed by atoms with Crippen molar-refractivity contribution in [2.75, 3.05) is 83.9 Å². The van der Waals surface area contributed by atoms with Crippen molar-refractivity contribution < 1.29 is 115 Å². The predicted octanol–water partition coefficient (Wildman–Crippen LogP) is 1.32. The normalized spacial score (nSPS) is 25.7. The first-order chi connectivity index (χ1) is 50.5. The minimum atomic E-state index is -4.19. The van der Waals surface area contributed by atoms with Gasteiger partial charge in [-0.1, -0.05) is 79.3 Å². The lowest BCUT2D eigenvalue weighted by Gasteiger charge is -2.33. The largest absolute Gasteiger partial charge is 0.479 e. The van der Waals surface area contributed by atoms with Crippen molar-refractivity contribution in [3.63, 3.8) is 0 Å². The van der Waals surface area contributed by atoms with Crippen molar-refractivity contribution in [1.29, 1.82) is 0 Å². The van der Waals surface area contributed by atoms with Gasteiger partial charge in [0.05, 0.1) is 78.8 Å². The second kappa shape index (κ2) is 35.1. The zero-order chi connectivity index (χ0) is 76.4. The summed E-state index contributed by atoms with van der Waals surface area (Å²) in [6.45, 7) is 5.47. The molecule has 16 atom stereocenters. The van der Waals surface area contributed by atoms with Gasteiger partial charge < -0.3 is 85.9 Å². The van der Waals surface area contributed by atoms with Crippen LogP contribution in [0.15, 0.2) is 79.6 Å². The number of nitrogens with zero attached hydrogens (tertiary/aromatic N) is 12. The van der Waals surface area contributed by atoms with Crippen LogP contribution in [0.4, 0.5) is 17.8 Å². The average Bonchev–Trinajstić information content (AvgIpc) is 1.62. The fraction of sp³-hybridized carbons (Fsp3) is 0.517. The first-order valence-electron chi connectivity index (χ1n) is 32.6. The maximum absolute atomic E-state index is 13.7. The number of rotatable bonds is 29. The molecule has 4 aliphatic rings. The number of nitrogens with two attached hydrogens (primary N) is 3. The first-order valence-corrected chi connectivity index (χ1v) is 38.2. The Morgan fingerprint density at radius 2 is 1.12 bits per heavy atom. The molecule has 0 aliphatic carbocycles. The smallest absolute Gasteiger partial charge is 0.406 e. The lowest BCUT2D eigenvalue weighted by molar-refractivity contribution is -0.143. The van der Waals surface area contributed by atoms with E-state index in [1.807, 2.05) is 36.4 Å². The summed E-state index contributed by atoms with van der Waals surface area (Å²) in [5, 5.41) is 70.4. The van der Waals surface area contributed by atoms with Crippen molar-refractivity contribution >= 4 is 97.4 Å². The highest BCUT2D eigenvalue weighted by atomic mass is 32.2. The van der Waals surface area contributed by atoms with Gasteiger partial charge in [-0.05, 0) is 31.9 Å². The van der Waals surface area contributed by atoms with E-state index < -0.39 is 122 Å². The molecule has 10 heterocycles. The summed E-state index contributed by atoms with van der Waals surface area (Å²) in [4.78, 5) is 70.5. The van der Waals surface area contributed by atoms with Crippen molar-refractivity contribution in [3.05, 3.63) is 90.8 Å². The fourth-order valence-corrected chi connectivity index (χ4v) is 15.6. The Hall–Kier alpha value is -7.65. The Kier molecular flexibility index (Phi) is 26.8. The SMILES string of the molecule is CCC(=O)OC[C@H](C)NP1(=O)OC[C@H]2O[C@@H](n3cnc4c(OC)nc(N)nc43)[C@@H](O)[C@@H]2O1.COc1nc(N)nc2c1ncn2[C@@H]1O[C@H](COP(=O)(NCc2ccccc2)OCCSC(=O)C(C)(C)CO)[C@@H](O)[C@@H]1O.COc1nc(N)nc2c1ncn2[C@@H]1O[C@H](COP(=O)(O)NCc2ccccc2)[C@@H](O)[C@@H]1O. The van der Waals surface area contributed by atoms with E-state index in [-0.39, 0.29) is 121 Å². The number of aliphatic hydroxyl groups is 6. The van der Waals surface area contributed by atoms with Gasteiger partial charge in [0.15, 0.2) is 57.3 Å². The van der Waals surface area contributed by atoms with E-state index in [4.69, 9.17) is 73.0 Å². The molecule has 12 rings (SSSR count). The van der Waals surface area contributed by atoms with Crippen LogP contribution in [0.5, 0.6) is 17.6 Å². The van der Waals surface area contributed by atoms with Crippen LogP contribution in [0.2, 0.25) is 0 Å². The summed E-state index contributed by atoms with van der Waals surface area (Å²) in [7, 11) is -7.75. The third kappa shape index (κ3) is 19.2. The van der Waals surface area contributed by atoms with Crippen molar-refractivity contribution in [2.45, 2.75) is 127 Å². The van der Waals surface area contributed by atoms with Crippen LogP contribution in [0, 0.1) is 5.41 Å². The number of benzene rings is 2. The molecule has 42 nitrogen and oxygen atoms in total. The van der Waals surface area contributed by atoms with Crippen molar-refractivity contribution in [1.82, 2.24) is 73.8 Å². The van der Waals surface area contributed by atoms with E-state index in [0.29, 0.717) is 11.2 Å². The van der Waals surface area contributed by atoms with Gasteiger partial charge in [-0.3, -0.25) is 45.9 Å². The highest BCUT2D eigenvalue weighted by Crippen LogP contribution is 2.54. The Labute approximate surface area is 608 Å². The molecule has 0 saturated carbocycles. The lowest BCUT2D eigenvalue weighted by atomic mass is 9.97. The number of aliphatic hydroxyl groups excluding tert-OH is 6. The van der Waals surface area contributed by atoms with E-state index in [1.165, 1.54) is 54.0 Å². The summed E-state index contributed by atoms with van der Waals surface area (Å²) < 4.78 is 109. The minimum absolute atomic E-state index is 0.0108. The Balaban J connectivity index is 0.000000172. The second-order valence-electron chi connectivity index (χ2n) is 24.6. The number of hydrogen-bond acceptors (Lipinski definition) is 36. The Bertz CT molecular complexity index is 4460. The Morgan fingerprint density at radius 1 is 0.670 bits per heavy atom. The van der Waals surface area contributed by atoms with Crippen LogP contribution < -0.4 is 46.7 Å². The van der Waals surface area contributed by atoms with Crippen LogP contribution in [-0.4, -0.2) is 233 Å². The highest BCUT2D eigenvalue weighted by Gasteiger charge is 2.54. The number of fused-ring (bicyclic) bond motifs is 4. The molecule has 8 aromatic rings. The van der Waals surface area contributed by atoms with Crippen LogP contribution >= 0.6 is 35.0 Å². The number of ether oxygens (including phenoxy) is 7. The second-order valence-corrected chi connectivity index (χ2v) is 30.8. The van der Waals surface area contributed by atoms with Crippen LogP contribution in [0.1, 0.15) is 63.9 Å². The quantitative estimate of drug-likeness (QED) is 0.0179. The maximum Gasteiger partial charge on any atom is 0.406 e. The number of anilines is 3. The van der Waals surface area contributed by atoms with Gasteiger partial charge in [0.1, 0.15) is 61.5 Å². The molecule has 0 bridgehead atoms. The number of thioether (sulfide) groups is 1. The fourth-order valence-electron chi connectivity index (χ4n) is 10.8. The molecule has 0 spiro atoms.